The van der Waals surface area contributed by atoms with Crippen LogP contribution >= 0.6 is 0 Å². The van der Waals surface area contributed by atoms with E-state index in [1.165, 1.54) is 6.21 Å². The quantitative estimate of drug-likeness (QED) is 0.154. The maximum atomic E-state index is 12.5. The molecule has 7 heteroatoms. The highest BCUT2D eigenvalue weighted by atomic mass is 16.6. The third-order valence-corrected chi connectivity index (χ3v) is 5.43. The van der Waals surface area contributed by atoms with Crippen molar-refractivity contribution < 1.29 is 23.8 Å². The Labute approximate surface area is 209 Å². The van der Waals surface area contributed by atoms with Gasteiger partial charge in [-0.05, 0) is 71.3 Å². The summed E-state index contributed by atoms with van der Waals surface area (Å²) < 4.78 is 16.3. The fraction of sp³-hybridized carbons (Fsp3) is 0.138. The van der Waals surface area contributed by atoms with Gasteiger partial charge >= 0.3 is 5.97 Å². The minimum absolute atomic E-state index is 0.211. The van der Waals surface area contributed by atoms with E-state index in [0.29, 0.717) is 29.2 Å². The van der Waals surface area contributed by atoms with E-state index in [2.05, 4.69) is 10.5 Å². The summed E-state index contributed by atoms with van der Waals surface area (Å²) in [6.45, 7) is 2.22. The average molecular weight is 483 g/mol. The van der Waals surface area contributed by atoms with Crippen molar-refractivity contribution in [1.29, 1.82) is 0 Å². The van der Waals surface area contributed by atoms with Gasteiger partial charge in [-0.1, -0.05) is 42.5 Å². The van der Waals surface area contributed by atoms with Crippen LogP contribution in [0.5, 0.6) is 17.2 Å². The highest BCUT2D eigenvalue weighted by molar-refractivity contribution is 5.92. The van der Waals surface area contributed by atoms with Crippen LogP contribution < -0.4 is 19.6 Å². The van der Waals surface area contributed by atoms with Gasteiger partial charge in [0, 0.05) is 0 Å². The third kappa shape index (κ3) is 6.07. The number of fused-ring (bicyclic) bond motifs is 1. The van der Waals surface area contributed by atoms with Crippen LogP contribution in [0, 0.1) is 0 Å². The molecule has 0 aliphatic rings. The average Bonchev–Trinajstić information content (AvgIpc) is 2.90. The normalized spacial score (nSPS) is 10.8. The number of carbonyl (C=O) groups is 2. The van der Waals surface area contributed by atoms with Crippen molar-refractivity contribution >= 4 is 28.9 Å². The van der Waals surface area contributed by atoms with Crippen LogP contribution in [0.15, 0.2) is 90.0 Å². The number of nitrogens with one attached hydrogen (secondary N) is 1. The molecule has 0 spiro atoms. The largest absolute Gasteiger partial charge is 0.497 e. The van der Waals surface area contributed by atoms with Gasteiger partial charge in [0.25, 0.3) is 0 Å². The lowest BCUT2D eigenvalue weighted by molar-refractivity contribution is -0.120. The molecule has 4 aromatic carbocycles. The first kappa shape index (κ1) is 24.5. The summed E-state index contributed by atoms with van der Waals surface area (Å²) in [5.74, 6) is 0.591. The van der Waals surface area contributed by atoms with Gasteiger partial charge in [0.05, 0.1) is 31.9 Å². The second-order valence-electron chi connectivity index (χ2n) is 7.87. The second-order valence-corrected chi connectivity index (χ2v) is 7.87. The van der Waals surface area contributed by atoms with Crippen molar-refractivity contribution in [3.05, 3.63) is 102 Å². The van der Waals surface area contributed by atoms with Gasteiger partial charge in [0.2, 0.25) is 5.91 Å². The maximum Gasteiger partial charge on any atom is 0.343 e. The molecule has 36 heavy (non-hydrogen) atoms. The first-order valence-corrected chi connectivity index (χ1v) is 11.5. The Morgan fingerprint density at radius 3 is 2.47 bits per heavy atom. The molecule has 0 radical (unpaired) electrons. The molecule has 0 unspecified atom stereocenters. The number of amides is 1. The molecule has 4 rings (SSSR count). The molecule has 4 aromatic rings. The number of nitrogens with zero attached hydrogens (tertiary/aromatic N) is 1. The molecule has 0 aliphatic heterocycles. The number of hydrazone groups is 1. The Morgan fingerprint density at radius 2 is 1.69 bits per heavy atom. The van der Waals surface area contributed by atoms with E-state index in [9.17, 15) is 9.59 Å². The third-order valence-electron chi connectivity index (χ3n) is 5.43. The number of methoxy groups -OCH3 is 1. The van der Waals surface area contributed by atoms with Gasteiger partial charge < -0.3 is 14.2 Å². The van der Waals surface area contributed by atoms with Crippen molar-refractivity contribution in [3.63, 3.8) is 0 Å². The minimum atomic E-state index is -0.513. The van der Waals surface area contributed by atoms with E-state index in [1.807, 2.05) is 49.4 Å². The summed E-state index contributed by atoms with van der Waals surface area (Å²) in [7, 11) is 1.56. The van der Waals surface area contributed by atoms with Gasteiger partial charge in [-0.3, -0.25) is 4.79 Å². The van der Waals surface area contributed by atoms with Crippen LogP contribution in [-0.2, 0) is 11.2 Å². The summed E-state index contributed by atoms with van der Waals surface area (Å²) in [5.41, 5.74) is 4.56. The molecule has 1 N–H and O–H groups in total. The van der Waals surface area contributed by atoms with Crippen LogP contribution in [0.1, 0.15) is 28.4 Å². The Balaban J connectivity index is 1.41. The van der Waals surface area contributed by atoms with E-state index < -0.39 is 5.97 Å². The number of carbonyl (C=O) groups excluding carboxylic acids is 2. The zero-order valence-electron chi connectivity index (χ0n) is 20.1. The summed E-state index contributed by atoms with van der Waals surface area (Å²) in [6.07, 6.45) is 1.72. The first-order valence-electron chi connectivity index (χ1n) is 11.5. The maximum absolute atomic E-state index is 12.5. The highest BCUT2D eigenvalue weighted by Crippen LogP contribution is 2.29. The van der Waals surface area contributed by atoms with Gasteiger partial charge in [-0.15, -0.1) is 0 Å². The topological polar surface area (TPSA) is 86.2 Å². The monoisotopic (exact) mass is 482 g/mol. The zero-order chi connectivity index (χ0) is 25.3. The van der Waals surface area contributed by atoms with E-state index in [0.717, 1.165) is 16.3 Å². The van der Waals surface area contributed by atoms with Crippen molar-refractivity contribution in [2.24, 2.45) is 5.10 Å². The Hall–Kier alpha value is -4.65. The number of rotatable bonds is 9. The van der Waals surface area contributed by atoms with Crippen molar-refractivity contribution in [3.8, 4) is 17.2 Å². The number of ether oxygens (including phenoxy) is 3. The van der Waals surface area contributed by atoms with Crippen molar-refractivity contribution in [2.45, 2.75) is 13.3 Å². The lowest BCUT2D eigenvalue weighted by atomic mass is 10.0. The van der Waals surface area contributed by atoms with Gasteiger partial charge in [0.1, 0.15) is 5.75 Å². The summed E-state index contributed by atoms with van der Waals surface area (Å²) >= 11 is 0. The number of esters is 1. The van der Waals surface area contributed by atoms with Crippen LogP contribution in [0.25, 0.3) is 10.8 Å². The zero-order valence-corrected chi connectivity index (χ0v) is 20.1. The number of hydrogen-bond donors (Lipinski definition) is 1. The Kier molecular flexibility index (Phi) is 7.93. The van der Waals surface area contributed by atoms with Crippen LogP contribution in [0.3, 0.4) is 0 Å². The predicted molar refractivity (Wildman–Crippen MR) is 139 cm³/mol. The van der Waals surface area contributed by atoms with Crippen LogP contribution in [-0.4, -0.2) is 31.8 Å². The number of benzene rings is 4. The van der Waals surface area contributed by atoms with E-state index in [1.54, 1.807) is 49.6 Å². The molecule has 0 aliphatic carbocycles. The minimum Gasteiger partial charge on any atom is -0.497 e. The first-order chi connectivity index (χ1) is 17.6. The molecule has 0 fully saturated rings. The molecule has 7 nitrogen and oxygen atoms in total. The molecule has 182 valence electrons. The van der Waals surface area contributed by atoms with Crippen LogP contribution in [0.4, 0.5) is 0 Å². The van der Waals surface area contributed by atoms with Gasteiger partial charge in [-0.25, -0.2) is 10.2 Å². The summed E-state index contributed by atoms with van der Waals surface area (Å²) in [6, 6.07) is 25.5. The Morgan fingerprint density at radius 1 is 0.917 bits per heavy atom. The highest BCUT2D eigenvalue weighted by Gasteiger charge is 2.13. The van der Waals surface area contributed by atoms with Gasteiger partial charge in [0.15, 0.2) is 11.5 Å². The second kappa shape index (κ2) is 11.7. The fourth-order valence-electron chi connectivity index (χ4n) is 3.68. The summed E-state index contributed by atoms with van der Waals surface area (Å²) in [5, 5.41) is 6.20. The fourth-order valence-corrected chi connectivity index (χ4v) is 3.68. The molecule has 1 amide bonds. The van der Waals surface area contributed by atoms with Crippen molar-refractivity contribution in [1.82, 2.24) is 5.43 Å². The lowest BCUT2D eigenvalue weighted by Crippen LogP contribution is -2.19. The number of hydrogen-bond acceptors (Lipinski definition) is 6. The smallest absolute Gasteiger partial charge is 0.343 e. The molecule has 0 atom stereocenters. The van der Waals surface area contributed by atoms with E-state index >= 15 is 0 Å². The molecule has 0 bridgehead atoms. The molecule has 0 aromatic heterocycles. The summed E-state index contributed by atoms with van der Waals surface area (Å²) in [4.78, 5) is 25.0. The van der Waals surface area contributed by atoms with Crippen molar-refractivity contribution in [2.75, 3.05) is 13.7 Å². The molecular weight excluding hydrogens is 456 g/mol. The van der Waals surface area contributed by atoms with E-state index in [-0.39, 0.29) is 18.1 Å². The Bertz CT molecular complexity index is 1390. The lowest BCUT2D eigenvalue weighted by Gasteiger charge is -2.11. The SMILES string of the molecule is CCOc1cc(/C=N/NC(=O)Cc2cccc3ccccc23)ccc1OC(=O)c1ccc(OC)cc1. The molecule has 0 saturated carbocycles. The molecule has 0 saturated heterocycles. The van der Waals surface area contributed by atoms with Gasteiger partial charge in [-0.2, -0.15) is 5.10 Å². The van der Waals surface area contributed by atoms with Crippen LogP contribution in [0.2, 0.25) is 0 Å². The standard InChI is InChI=1S/C29H26N2O5/c1-3-35-27-17-20(11-16-26(27)36-29(33)22-12-14-24(34-2)15-13-22)19-30-31-28(32)18-23-9-6-8-21-7-4-5-10-25(21)23/h4-17,19H,3,18H2,1-2H3,(H,31,32)/b30-19+. The predicted octanol–water partition coefficient (Wildman–Crippen LogP) is 5.16. The molecular formula is C29H26N2O5. The van der Waals surface area contributed by atoms with E-state index in [4.69, 9.17) is 14.2 Å². The molecule has 0 heterocycles.